The molecule has 0 rings (SSSR count). The Morgan fingerprint density at radius 1 is 0.512 bits per heavy atom. The Bertz CT molecular complexity index is 483. The van der Waals surface area contributed by atoms with Crippen LogP contribution in [0.15, 0.2) is 0 Å². The molecule has 0 aliphatic heterocycles. The summed E-state index contributed by atoms with van der Waals surface area (Å²) in [5, 5.41) is 21.3. The third-order valence-corrected chi connectivity index (χ3v) is 6.88. The van der Waals surface area contributed by atoms with E-state index in [2.05, 4.69) is 28.2 Å². The Labute approximate surface area is 250 Å². The predicted molar refractivity (Wildman–Crippen MR) is 168 cm³/mol. The maximum absolute atomic E-state index is 10.6. The van der Waals surface area contributed by atoms with Crippen LogP contribution in [-0.2, 0) is 4.79 Å². The van der Waals surface area contributed by atoms with Gasteiger partial charge in [-0.25, -0.2) is 4.79 Å². The SMILES string of the molecule is CCCCCCCCCCCCCCCCNCCCNCCCNCCCCNCCCN.O=C(O)C(F)(F)F. The first-order chi connectivity index (χ1) is 19.9. The molecular formula is C31H66F3N5O2. The number of unbranched alkanes of at least 4 members (excludes halogenated alkanes) is 14. The Morgan fingerprint density at radius 3 is 1.05 bits per heavy atom. The topological polar surface area (TPSA) is 111 Å². The van der Waals surface area contributed by atoms with Crippen LogP contribution in [0.25, 0.3) is 0 Å². The first kappa shape index (κ1) is 42.2. The molecule has 0 amide bonds. The van der Waals surface area contributed by atoms with E-state index >= 15 is 0 Å². The molecule has 0 radical (unpaired) electrons. The van der Waals surface area contributed by atoms with E-state index < -0.39 is 12.1 Å². The molecule has 41 heavy (non-hydrogen) atoms. The van der Waals surface area contributed by atoms with Gasteiger partial charge >= 0.3 is 12.1 Å². The third kappa shape index (κ3) is 41.3. The summed E-state index contributed by atoms with van der Waals surface area (Å²) in [6, 6.07) is 0. The molecule has 0 aliphatic rings. The molecule has 7 N–H and O–H groups in total. The van der Waals surface area contributed by atoms with Gasteiger partial charge in [0.2, 0.25) is 0 Å². The van der Waals surface area contributed by atoms with Gasteiger partial charge in [-0.1, -0.05) is 90.4 Å². The monoisotopic (exact) mass is 598 g/mol. The fourth-order valence-corrected chi connectivity index (χ4v) is 4.35. The second kappa shape index (κ2) is 35.3. The highest BCUT2D eigenvalue weighted by Crippen LogP contribution is 2.13. The van der Waals surface area contributed by atoms with Crippen LogP contribution in [0.1, 0.15) is 129 Å². The number of hydrogen-bond donors (Lipinski definition) is 6. The lowest BCUT2D eigenvalue weighted by Gasteiger charge is -2.08. The molecule has 0 aromatic rings. The smallest absolute Gasteiger partial charge is 0.475 e. The highest BCUT2D eigenvalue weighted by atomic mass is 19.4. The quantitative estimate of drug-likeness (QED) is 0.0515. The standard InChI is InChI=1S/C29H65N5.C2HF3O2/c1-2-3-4-5-6-7-8-9-10-11-12-13-14-15-22-32-26-19-28-34-29-20-27-33-24-17-16-23-31-25-18-21-30;3-2(4,5)1(6)7/h31-34H,2-30H2,1H3;(H,6,7). The number of rotatable bonds is 31. The fourth-order valence-electron chi connectivity index (χ4n) is 4.35. The van der Waals surface area contributed by atoms with Gasteiger partial charge in [0.15, 0.2) is 0 Å². The molecule has 0 spiro atoms. The summed E-state index contributed by atoms with van der Waals surface area (Å²) in [5.41, 5.74) is 5.48. The summed E-state index contributed by atoms with van der Waals surface area (Å²) in [5.74, 6) is -2.76. The maximum Gasteiger partial charge on any atom is 0.490 e. The summed E-state index contributed by atoms with van der Waals surface area (Å²) in [6.45, 7) is 12.2. The number of carbonyl (C=O) groups is 1. The van der Waals surface area contributed by atoms with Gasteiger partial charge in [0, 0.05) is 0 Å². The van der Waals surface area contributed by atoms with E-state index in [1.165, 1.54) is 122 Å². The Balaban J connectivity index is 0. The minimum absolute atomic E-state index is 0.790. The van der Waals surface area contributed by atoms with Crippen LogP contribution in [0.3, 0.4) is 0 Å². The Hall–Kier alpha value is -0.940. The highest BCUT2D eigenvalue weighted by molar-refractivity contribution is 5.73. The number of alkyl halides is 3. The normalized spacial score (nSPS) is 11.4. The Kier molecular flexibility index (Phi) is 36.3. The van der Waals surface area contributed by atoms with Crippen LogP contribution in [0.5, 0.6) is 0 Å². The van der Waals surface area contributed by atoms with Crippen molar-refractivity contribution >= 4 is 5.97 Å². The number of carboxylic acids is 1. The van der Waals surface area contributed by atoms with Gasteiger partial charge < -0.3 is 32.1 Å². The highest BCUT2D eigenvalue weighted by Gasteiger charge is 2.38. The van der Waals surface area contributed by atoms with E-state index in [0.717, 1.165) is 58.8 Å². The minimum Gasteiger partial charge on any atom is -0.475 e. The zero-order chi connectivity index (χ0) is 30.7. The Morgan fingerprint density at radius 2 is 0.756 bits per heavy atom. The molecule has 0 fully saturated rings. The molecule has 0 saturated carbocycles. The van der Waals surface area contributed by atoms with E-state index in [0.29, 0.717) is 0 Å². The van der Waals surface area contributed by atoms with Gasteiger partial charge in [0.1, 0.15) is 0 Å². The molecule has 7 nitrogen and oxygen atoms in total. The zero-order valence-electron chi connectivity index (χ0n) is 26.4. The summed E-state index contributed by atoms with van der Waals surface area (Å²) in [7, 11) is 0. The number of nitrogens with two attached hydrogens (primary N) is 1. The summed E-state index contributed by atoms with van der Waals surface area (Å²) in [6.07, 6.45) is 21.1. The lowest BCUT2D eigenvalue weighted by atomic mass is 10.0. The van der Waals surface area contributed by atoms with Crippen LogP contribution in [-0.4, -0.2) is 76.2 Å². The average molecular weight is 598 g/mol. The number of nitrogens with one attached hydrogen (secondary N) is 4. The van der Waals surface area contributed by atoms with Crippen molar-refractivity contribution in [3.05, 3.63) is 0 Å². The van der Waals surface area contributed by atoms with Crippen LogP contribution < -0.4 is 27.0 Å². The predicted octanol–water partition coefficient (Wildman–Crippen LogP) is 6.37. The first-order valence-electron chi connectivity index (χ1n) is 16.7. The van der Waals surface area contributed by atoms with Crippen molar-refractivity contribution in [2.75, 3.05) is 58.9 Å². The summed E-state index contributed by atoms with van der Waals surface area (Å²) < 4.78 is 31.7. The van der Waals surface area contributed by atoms with E-state index in [9.17, 15) is 13.2 Å². The van der Waals surface area contributed by atoms with Crippen LogP contribution in [0, 0.1) is 0 Å². The van der Waals surface area contributed by atoms with Gasteiger partial charge in [0.25, 0.3) is 0 Å². The second-order valence-electron chi connectivity index (χ2n) is 11.0. The van der Waals surface area contributed by atoms with Gasteiger partial charge in [-0.15, -0.1) is 0 Å². The van der Waals surface area contributed by atoms with Gasteiger partial charge in [-0.3, -0.25) is 0 Å². The van der Waals surface area contributed by atoms with E-state index in [4.69, 9.17) is 15.6 Å². The molecule has 0 unspecified atom stereocenters. The maximum atomic E-state index is 10.6. The lowest BCUT2D eigenvalue weighted by Crippen LogP contribution is -2.26. The van der Waals surface area contributed by atoms with Gasteiger partial charge in [0.05, 0.1) is 0 Å². The van der Waals surface area contributed by atoms with Crippen molar-refractivity contribution in [3.8, 4) is 0 Å². The first-order valence-corrected chi connectivity index (χ1v) is 16.7. The fraction of sp³-hybridized carbons (Fsp3) is 0.968. The molecular weight excluding hydrogens is 531 g/mol. The number of hydrogen-bond acceptors (Lipinski definition) is 6. The molecule has 0 atom stereocenters. The van der Waals surface area contributed by atoms with E-state index in [1.807, 2.05) is 0 Å². The number of carboxylic acid groups (broad SMARTS) is 1. The summed E-state index contributed by atoms with van der Waals surface area (Å²) in [4.78, 5) is 8.90. The van der Waals surface area contributed by atoms with Crippen LogP contribution in [0.2, 0.25) is 0 Å². The molecule has 0 bridgehead atoms. The molecule has 0 heterocycles. The second-order valence-corrected chi connectivity index (χ2v) is 11.0. The lowest BCUT2D eigenvalue weighted by molar-refractivity contribution is -0.192. The largest absolute Gasteiger partial charge is 0.490 e. The van der Waals surface area contributed by atoms with Crippen molar-refractivity contribution in [1.29, 1.82) is 0 Å². The molecule has 10 heteroatoms. The van der Waals surface area contributed by atoms with Crippen molar-refractivity contribution in [2.24, 2.45) is 5.73 Å². The van der Waals surface area contributed by atoms with Gasteiger partial charge in [-0.05, 0) is 97.4 Å². The van der Waals surface area contributed by atoms with Crippen molar-refractivity contribution in [3.63, 3.8) is 0 Å². The van der Waals surface area contributed by atoms with Gasteiger partial charge in [-0.2, -0.15) is 13.2 Å². The molecule has 0 aliphatic carbocycles. The van der Waals surface area contributed by atoms with Crippen molar-refractivity contribution < 1.29 is 23.1 Å². The van der Waals surface area contributed by atoms with Crippen molar-refractivity contribution in [1.82, 2.24) is 21.3 Å². The third-order valence-electron chi connectivity index (χ3n) is 6.88. The van der Waals surface area contributed by atoms with Crippen LogP contribution in [0.4, 0.5) is 13.2 Å². The molecule has 0 aromatic heterocycles. The van der Waals surface area contributed by atoms with Crippen LogP contribution >= 0.6 is 0 Å². The minimum atomic E-state index is -5.08. The molecule has 0 saturated heterocycles. The molecule has 0 aromatic carbocycles. The van der Waals surface area contributed by atoms with E-state index in [1.54, 1.807) is 0 Å². The molecule has 248 valence electrons. The van der Waals surface area contributed by atoms with Crippen molar-refractivity contribution in [2.45, 2.75) is 135 Å². The zero-order valence-corrected chi connectivity index (χ0v) is 26.4. The summed E-state index contributed by atoms with van der Waals surface area (Å²) >= 11 is 0. The number of aliphatic carboxylic acids is 1. The number of halogens is 3. The average Bonchev–Trinajstić information content (AvgIpc) is 2.94. The van der Waals surface area contributed by atoms with E-state index in [-0.39, 0.29) is 0 Å².